The zero-order chi connectivity index (χ0) is 14.4. The molecule has 1 aliphatic carbocycles. The predicted octanol–water partition coefficient (Wildman–Crippen LogP) is 1.72. The Morgan fingerprint density at radius 3 is 2.55 bits per heavy atom. The van der Waals surface area contributed by atoms with Gasteiger partial charge in [-0.25, -0.2) is 9.97 Å². The van der Waals surface area contributed by atoms with Gasteiger partial charge in [0.25, 0.3) is 0 Å². The van der Waals surface area contributed by atoms with Crippen molar-refractivity contribution in [1.29, 1.82) is 0 Å². The highest BCUT2D eigenvalue weighted by molar-refractivity contribution is 5.80. The van der Waals surface area contributed by atoms with E-state index < -0.39 is 0 Å². The first-order valence-electron chi connectivity index (χ1n) is 7.36. The van der Waals surface area contributed by atoms with Crippen LogP contribution in [-0.4, -0.2) is 35.5 Å². The number of likely N-dealkylation sites (N-methyl/N-ethyl adjacent to an activating group) is 1. The van der Waals surface area contributed by atoms with Gasteiger partial charge in [-0.1, -0.05) is 6.92 Å². The average Bonchev–Trinajstić information content (AvgIpc) is 3.28. The number of carbonyl (C=O) groups is 1. The van der Waals surface area contributed by atoms with Gasteiger partial charge in [0.2, 0.25) is 5.91 Å². The van der Waals surface area contributed by atoms with Gasteiger partial charge in [0.1, 0.15) is 17.5 Å². The Bertz CT molecular complexity index is 459. The molecule has 3 N–H and O–H groups in total. The van der Waals surface area contributed by atoms with Crippen molar-refractivity contribution in [2.45, 2.75) is 39.0 Å². The van der Waals surface area contributed by atoms with Crippen LogP contribution in [0.5, 0.6) is 0 Å². The summed E-state index contributed by atoms with van der Waals surface area (Å²) in [6.45, 7) is 5.78. The molecule has 6 nitrogen and oxygen atoms in total. The summed E-state index contributed by atoms with van der Waals surface area (Å²) < 4.78 is 0. The summed E-state index contributed by atoms with van der Waals surface area (Å²) in [7, 11) is 0. The van der Waals surface area contributed by atoms with E-state index in [0.717, 1.165) is 37.4 Å². The second-order valence-electron chi connectivity index (χ2n) is 5.00. The van der Waals surface area contributed by atoms with E-state index in [-0.39, 0.29) is 12.5 Å². The van der Waals surface area contributed by atoms with Gasteiger partial charge in [-0.15, -0.1) is 0 Å². The monoisotopic (exact) mass is 277 g/mol. The lowest BCUT2D eigenvalue weighted by Crippen LogP contribution is -2.29. The summed E-state index contributed by atoms with van der Waals surface area (Å²) in [5, 5.41) is 9.10. The van der Waals surface area contributed by atoms with E-state index in [4.69, 9.17) is 0 Å². The van der Waals surface area contributed by atoms with Crippen molar-refractivity contribution in [2.75, 3.05) is 30.3 Å². The number of hydrogen-bond donors (Lipinski definition) is 3. The molecule has 1 heterocycles. The van der Waals surface area contributed by atoms with Crippen LogP contribution >= 0.6 is 0 Å². The fourth-order valence-electron chi connectivity index (χ4n) is 1.85. The molecule has 0 aromatic carbocycles. The Balaban J connectivity index is 2.02. The van der Waals surface area contributed by atoms with Gasteiger partial charge in [-0.3, -0.25) is 4.79 Å². The Labute approximate surface area is 119 Å². The molecule has 1 aromatic rings. The van der Waals surface area contributed by atoms with Crippen molar-refractivity contribution in [3.05, 3.63) is 11.9 Å². The van der Waals surface area contributed by atoms with Crippen LogP contribution in [0.1, 0.15) is 44.9 Å². The molecule has 0 bridgehead atoms. The summed E-state index contributed by atoms with van der Waals surface area (Å²) in [5.41, 5.74) is 0. The number of anilines is 2. The van der Waals surface area contributed by atoms with Gasteiger partial charge in [-0.2, -0.15) is 0 Å². The average molecular weight is 277 g/mol. The largest absolute Gasteiger partial charge is 0.370 e. The Morgan fingerprint density at radius 1 is 1.25 bits per heavy atom. The van der Waals surface area contributed by atoms with Crippen molar-refractivity contribution in [3.63, 3.8) is 0 Å². The minimum Gasteiger partial charge on any atom is -0.370 e. The number of nitrogens with one attached hydrogen (secondary N) is 3. The molecular formula is C14H23N5O. The third kappa shape index (κ3) is 4.36. The zero-order valence-corrected chi connectivity index (χ0v) is 12.2. The second kappa shape index (κ2) is 7.07. The van der Waals surface area contributed by atoms with Crippen LogP contribution in [0.2, 0.25) is 0 Å². The van der Waals surface area contributed by atoms with Crippen LogP contribution in [0.15, 0.2) is 6.07 Å². The quantitative estimate of drug-likeness (QED) is 0.674. The van der Waals surface area contributed by atoms with Crippen LogP contribution in [0.4, 0.5) is 11.6 Å². The lowest BCUT2D eigenvalue weighted by atomic mass is 10.3. The van der Waals surface area contributed by atoms with E-state index in [9.17, 15) is 4.79 Å². The number of carbonyl (C=O) groups excluding carboxylic acids is 1. The summed E-state index contributed by atoms with van der Waals surface area (Å²) in [5.74, 6) is 2.89. The van der Waals surface area contributed by atoms with E-state index in [0.29, 0.717) is 18.3 Å². The Morgan fingerprint density at radius 2 is 1.95 bits per heavy atom. The topological polar surface area (TPSA) is 78.9 Å². The predicted molar refractivity (Wildman–Crippen MR) is 80.0 cm³/mol. The fraction of sp³-hybridized carbons (Fsp3) is 0.643. The highest BCUT2D eigenvalue weighted by Crippen LogP contribution is 2.38. The molecule has 1 aliphatic rings. The summed E-state index contributed by atoms with van der Waals surface area (Å²) in [6, 6.07) is 1.86. The minimum atomic E-state index is -0.0258. The Kier molecular flexibility index (Phi) is 5.15. The summed E-state index contributed by atoms with van der Waals surface area (Å²) in [6.07, 6.45) is 3.37. The van der Waals surface area contributed by atoms with Crippen LogP contribution < -0.4 is 16.0 Å². The van der Waals surface area contributed by atoms with Crippen molar-refractivity contribution in [1.82, 2.24) is 15.3 Å². The van der Waals surface area contributed by atoms with Crippen molar-refractivity contribution >= 4 is 17.5 Å². The van der Waals surface area contributed by atoms with Crippen molar-refractivity contribution < 1.29 is 4.79 Å². The van der Waals surface area contributed by atoms with Crippen molar-refractivity contribution in [2.24, 2.45) is 0 Å². The van der Waals surface area contributed by atoms with E-state index >= 15 is 0 Å². The molecule has 0 spiro atoms. The smallest absolute Gasteiger partial charge is 0.239 e. The molecule has 0 saturated heterocycles. The first-order chi connectivity index (χ1) is 9.72. The van der Waals surface area contributed by atoms with E-state index in [2.05, 4.69) is 32.8 Å². The molecule has 110 valence electrons. The molecule has 0 atom stereocenters. The number of aromatic nitrogens is 2. The van der Waals surface area contributed by atoms with E-state index in [1.807, 2.05) is 13.0 Å². The van der Waals surface area contributed by atoms with E-state index in [1.54, 1.807) is 0 Å². The van der Waals surface area contributed by atoms with E-state index in [1.165, 1.54) is 0 Å². The maximum atomic E-state index is 11.5. The Hall–Kier alpha value is -1.85. The fourth-order valence-corrected chi connectivity index (χ4v) is 1.85. The maximum absolute atomic E-state index is 11.5. The van der Waals surface area contributed by atoms with Crippen LogP contribution in [-0.2, 0) is 4.79 Å². The number of hydrogen-bond acceptors (Lipinski definition) is 5. The van der Waals surface area contributed by atoms with Gasteiger partial charge in [-0.05, 0) is 26.2 Å². The normalized spacial score (nSPS) is 13.9. The molecule has 1 amide bonds. The van der Waals surface area contributed by atoms with Crippen LogP contribution in [0.3, 0.4) is 0 Å². The lowest BCUT2D eigenvalue weighted by molar-refractivity contribution is -0.119. The third-order valence-electron chi connectivity index (χ3n) is 3.05. The van der Waals surface area contributed by atoms with Gasteiger partial charge in [0.15, 0.2) is 0 Å². The van der Waals surface area contributed by atoms with Crippen LogP contribution in [0.25, 0.3) is 0 Å². The minimum absolute atomic E-state index is 0.0258. The highest BCUT2D eigenvalue weighted by Gasteiger charge is 2.27. The first kappa shape index (κ1) is 14.6. The van der Waals surface area contributed by atoms with Gasteiger partial charge < -0.3 is 16.0 Å². The van der Waals surface area contributed by atoms with Gasteiger partial charge in [0.05, 0.1) is 6.54 Å². The maximum Gasteiger partial charge on any atom is 0.239 e. The van der Waals surface area contributed by atoms with Crippen molar-refractivity contribution in [3.8, 4) is 0 Å². The highest BCUT2D eigenvalue weighted by atomic mass is 16.1. The molecule has 0 aliphatic heterocycles. The first-order valence-corrected chi connectivity index (χ1v) is 7.36. The molecular weight excluding hydrogens is 254 g/mol. The molecule has 2 rings (SSSR count). The zero-order valence-electron chi connectivity index (χ0n) is 12.2. The SMILES string of the molecule is CCCNc1cc(NCC(=O)NCC)nc(C2CC2)n1. The summed E-state index contributed by atoms with van der Waals surface area (Å²) in [4.78, 5) is 20.5. The molecule has 0 radical (unpaired) electrons. The molecule has 1 aromatic heterocycles. The third-order valence-corrected chi connectivity index (χ3v) is 3.05. The lowest BCUT2D eigenvalue weighted by Gasteiger charge is -2.10. The van der Waals surface area contributed by atoms with Crippen LogP contribution in [0, 0.1) is 0 Å². The molecule has 20 heavy (non-hydrogen) atoms. The molecule has 1 saturated carbocycles. The number of amides is 1. The standard InChI is InChI=1S/C14H23N5O/c1-3-7-16-11-8-12(17-9-13(20)15-4-2)19-14(18-11)10-5-6-10/h8,10H,3-7,9H2,1-2H3,(H,15,20)(H2,16,17,18,19). The number of nitrogens with zero attached hydrogens (tertiary/aromatic N) is 2. The molecule has 6 heteroatoms. The second-order valence-corrected chi connectivity index (χ2v) is 5.00. The molecule has 1 fully saturated rings. The van der Waals surface area contributed by atoms with Gasteiger partial charge >= 0.3 is 0 Å². The summed E-state index contributed by atoms with van der Waals surface area (Å²) >= 11 is 0. The van der Waals surface area contributed by atoms with Gasteiger partial charge in [0, 0.05) is 25.1 Å². The number of rotatable bonds is 8. The molecule has 0 unspecified atom stereocenters.